The van der Waals surface area contributed by atoms with Crippen LogP contribution < -0.4 is 16.0 Å². The normalized spacial score (nSPS) is 10.9. The van der Waals surface area contributed by atoms with Gasteiger partial charge in [0.1, 0.15) is 22.3 Å². The second-order valence-corrected chi connectivity index (χ2v) is 6.19. The van der Waals surface area contributed by atoms with Gasteiger partial charge in [0.25, 0.3) is 5.56 Å². The Morgan fingerprint density at radius 2 is 1.96 bits per heavy atom. The summed E-state index contributed by atoms with van der Waals surface area (Å²) in [7, 11) is 0. The number of nitrogen functional groups attached to an aromatic ring is 1. The number of benzene rings is 2. The highest BCUT2D eigenvalue weighted by Crippen LogP contribution is 2.34. The van der Waals surface area contributed by atoms with Crippen LogP contribution in [-0.2, 0) is 0 Å². The van der Waals surface area contributed by atoms with Crippen LogP contribution in [0.3, 0.4) is 0 Å². The van der Waals surface area contributed by atoms with Crippen molar-refractivity contribution in [3.8, 4) is 22.1 Å². The number of thiazole rings is 1. The number of hydrogen-bond donors (Lipinski definition) is 2. The zero-order chi connectivity index (χ0) is 17.4. The summed E-state index contributed by atoms with van der Waals surface area (Å²) in [6, 6.07) is 10.9. The maximum Gasteiger partial charge on any atom is 0.278 e. The molecule has 0 spiro atoms. The average Bonchev–Trinajstić information content (AvgIpc) is 3.04. The Balaban J connectivity index is 1.67. The lowest BCUT2D eigenvalue weighted by molar-refractivity contribution is 0.483. The lowest BCUT2D eigenvalue weighted by Gasteiger charge is -2.09. The van der Waals surface area contributed by atoms with E-state index in [4.69, 9.17) is 10.5 Å². The summed E-state index contributed by atoms with van der Waals surface area (Å²) < 4.78 is 18.6. The molecule has 4 aromatic rings. The fourth-order valence-electron chi connectivity index (χ4n) is 2.29. The summed E-state index contributed by atoms with van der Waals surface area (Å²) in [4.78, 5) is 23.2. The molecule has 0 aliphatic rings. The molecule has 0 saturated heterocycles. The van der Waals surface area contributed by atoms with Crippen molar-refractivity contribution in [2.75, 3.05) is 5.73 Å². The molecule has 0 aliphatic carbocycles. The van der Waals surface area contributed by atoms with Crippen LogP contribution in [0.2, 0.25) is 0 Å². The maximum atomic E-state index is 12.9. The van der Waals surface area contributed by atoms with Crippen molar-refractivity contribution in [3.63, 3.8) is 0 Å². The molecule has 6 nitrogen and oxygen atoms in total. The van der Waals surface area contributed by atoms with Gasteiger partial charge in [-0.15, -0.1) is 0 Å². The summed E-state index contributed by atoms with van der Waals surface area (Å²) in [6.07, 6.45) is 1.35. The van der Waals surface area contributed by atoms with E-state index in [1.165, 1.54) is 41.9 Å². The van der Waals surface area contributed by atoms with Crippen molar-refractivity contribution < 1.29 is 9.13 Å². The molecule has 0 saturated carbocycles. The van der Waals surface area contributed by atoms with Crippen LogP contribution >= 0.6 is 11.3 Å². The van der Waals surface area contributed by atoms with E-state index in [1.807, 2.05) is 0 Å². The Morgan fingerprint density at radius 1 is 1.16 bits per heavy atom. The summed E-state index contributed by atoms with van der Waals surface area (Å²) in [5.74, 6) is 0.596. The molecule has 2 aromatic carbocycles. The van der Waals surface area contributed by atoms with Crippen molar-refractivity contribution in [1.29, 1.82) is 0 Å². The van der Waals surface area contributed by atoms with Gasteiger partial charge in [-0.25, -0.2) is 14.4 Å². The van der Waals surface area contributed by atoms with E-state index in [2.05, 4.69) is 15.0 Å². The van der Waals surface area contributed by atoms with E-state index in [0.29, 0.717) is 32.5 Å². The maximum absolute atomic E-state index is 12.9. The molecule has 0 amide bonds. The van der Waals surface area contributed by atoms with Gasteiger partial charge in [0.05, 0.1) is 12.0 Å². The predicted octanol–water partition coefficient (Wildman–Crippen LogP) is 3.56. The van der Waals surface area contributed by atoms with Crippen LogP contribution in [0, 0.1) is 5.82 Å². The molecule has 0 unspecified atom stereocenters. The number of aromatic amines is 1. The van der Waals surface area contributed by atoms with E-state index in [9.17, 15) is 9.18 Å². The van der Waals surface area contributed by atoms with Gasteiger partial charge in [0.2, 0.25) is 0 Å². The third kappa shape index (κ3) is 2.94. The van der Waals surface area contributed by atoms with Crippen LogP contribution in [0.1, 0.15) is 0 Å². The first-order valence-corrected chi connectivity index (χ1v) is 8.09. The summed E-state index contributed by atoms with van der Waals surface area (Å²) in [5.41, 5.74) is 7.23. The van der Waals surface area contributed by atoms with Crippen LogP contribution in [-0.4, -0.2) is 15.0 Å². The average molecular weight is 354 g/mol. The molecule has 124 valence electrons. The van der Waals surface area contributed by atoms with Crippen molar-refractivity contribution in [2.24, 2.45) is 0 Å². The molecule has 2 aromatic heterocycles. The van der Waals surface area contributed by atoms with Gasteiger partial charge < -0.3 is 15.5 Å². The molecule has 0 aliphatic heterocycles. The number of nitrogens with one attached hydrogen (secondary N) is 1. The molecular formula is C17H11FN4O2S. The number of ether oxygens (including phenoxy) is 1. The van der Waals surface area contributed by atoms with Gasteiger partial charge >= 0.3 is 0 Å². The van der Waals surface area contributed by atoms with Gasteiger partial charge in [0.15, 0.2) is 10.3 Å². The largest absolute Gasteiger partial charge is 0.455 e. The minimum Gasteiger partial charge on any atom is -0.455 e. The quantitative estimate of drug-likeness (QED) is 0.549. The van der Waals surface area contributed by atoms with Crippen molar-refractivity contribution in [1.82, 2.24) is 15.0 Å². The van der Waals surface area contributed by atoms with Crippen LogP contribution in [0.25, 0.3) is 20.9 Å². The number of anilines is 1. The molecule has 25 heavy (non-hydrogen) atoms. The minimum absolute atomic E-state index is 0.281. The van der Waals surface area contributed by atoms with Crippen molar-refractivity contribution >= 4 is 27.4 Å². The number of nitrogens with two attached hydrogens (primary N) is 1. The van der Waals surface area contributed by atoms with Crippen LogP contribution in [0.5, 0.6) is 11.5 Å². The Hall–Kier alpha value is -3.26. The van der Waals surface area contributed by atoms with Gasteiger partial charge in [0, 0.05) is 5.56 Å². The second-order valence-electron chi connectivity index (χ2n) is 5.21. The fourth-order valence-corrected chi connectivity index (χ4v) is 3.20. The number of halogens is 1. The van der Waals surface area contributed by atoms with E-state index in [0.717, 1.165) is 5.56 Å². The number of hydrogen-bond acceptors (Lipinski definition) is 6. The first-order chi connectivity index (χ1) is 12.1. The zero-order valence-corrected chi connectivity index (χ0v) is 13.5. The number of aromatic nitrogens is 3. The molecule has 3 N–H and O–H groups in total. The van der Waals surface area contributed by atoms with Crippen LogP contribution in [0.4, 0.5) is 10.1 Å². The van der Waals surface area contributed by atoms with Crippen LogP contribution in [0.15, 0.2) is 53.6 Å². The van der Waals surface area contributed by atoms with E-state index >= 15 is 0 Å². The van der Waals surface area contributed by atoms with Gasteiger partial charge in [-0.3, -0.25) is 4.79 Å². The van der Waals surface area contributed by atoms with Gasteiger partial charge in [-0.05, 0) is 42.5 Å². The van der Waals surface area contributed by atoms with E-state index in [1.54, 1.807) is 18.2 Å². The highest BCUT2D eigenvalue weighted by Gasteiger charge is 2.12. The molecular weight excluding hydrogens is 343 g/mol. The van der Waals surface area contributed by atoms with Gasteiger partial charge in [-0.1, -0.05) is 11.3 Å². The first-order valence-electron chi connectivity index (χ1n) is 7.28. The van der Waals surface area contributed by atoms with Gasteiger partial charge in [-0.2, -0.15) is 0 Å². The number of fused-ring (bicyclic) bond motifs is 1. The van der Waals surface area contributed by atoms with Crippen molar-refractivity contribution in [3.05, 3.63) is 65.0 Å². The predicted molar refractivity (Wildman–Crippen MR) is 94.4 cm³/mol. The summed E-state index contributed by atoms with van der Waals surface area (Å²) in [6.45, 7) is 0. The topological polar surface area (TPSA) is 93.9 Å². The number of nitrogens with zero attached hydrogens (tertiary/aromatic N) is 2. The molecule has 4 rings (SSSR count). The number of H-pyrrole nitrogens is 1. The first kappa shape index (κ1) is 15.3. The number of rotatable bonds is 3. The second kappa shape index (κ2) is 5.99. The highest BCUT2D eigenvalue weighted by atomic mass is 32.1. The standard InChI is InChI=1S/C17H11FN4O2S/c18-10-2-4-11(5-3-10)24-13-6-1-9(7-12(13)19)16-22-14-15(23)20-8-21-17(14)25-16/h1-8H,19H2,(H,20,21,23). The fraction of sp³-hybridized carbons (Fsp3) is 0. The SMILES string of the molecule is Nc1cc(-c2nc3c(=O)[nH]cnc3s2)ccc1Oc1ccc(F)cc1. The zero-order valence-electron chi connectivity index (χ0n) is 12.7. The van der Waals surface area contributed by atoms with E-state index in [-0.39, 0.29) is 11.4 Å². The molecule has 0 atom stereocenters. The highest BCUT2D eigenvalue weighted by molar-refractivity contribution is 7.21. The molecule has 0 fully saturated rings. The smallest absolute Gasteiger partial charge is 0.278 e. The molecule has 0 bridgehead atoms. The monoisotopic (exact) mass is 354 g/mol. The van der Waals surface area contributed by atoms with E-state index < -0.39 is 0 Å². The Labute approximate surface area is 144 Å². The van der Waals surface area contributed by atoms with Crippen molar-refractivity contribution in [2.45, 2.75) is 0 Å². The Bertz CT molecular complexity index is 1120. The Morgan fingerprint density at radius 3 is 2.68 bits per heavy atom. The molecule has 0 radical (unpaired) electrons. The third-order valence-corrected chi connectivity index (χ3v) is 4.51. The third-order valence-electron chi connectivity index (χ3n) is 3.50. The molecule has 2 heterocycles. The lowest BCUT2D eigenvalue weighted by Crippen LogP contribution is -2.05. The minimum atomic E-state index is -0.338. The lowest BCUT2D eigenvalue weighted by atomic mass is 10.2. The summed E-state index contributed by atoms with van der Waals surface area (Å²) in [5, 5.41) is 0.638. The summed E-state index contributed by atoms with van der Waals surface area (Å²) >= 11 is 1.30. The molecule has 8 heteroatoms. The Kier molecular flexibility index (Phi) is 3.66.